The molecule has 1 aliphatic rings. The molecule has 2 heterocycles. The van der Waals surface area contributed by atoms with Crippen LogP contribution in [0.4, 0.5) is 0 Å². The summed E-state index contributed by atoms with van der Waals surface area (Å²) in [5.74, 6) is 1.45. The van der Waals surface area contributed by atoms with Gasteiger partial charge in [-0.2, -0.15) is 5.10 Å². The second-order valence-electron chi connectivity index (χ2n) is 8.37. The summed E-state index contributed by atoms with van der Waals surface area (Å²) in [7, 11) is 0. The van der Waals surface area contributed by atoms with Crippen molar-refractivity contribution in [2.45, 2.75) is 39.7 Å². The number of H-pyrrole nitrogens is 1. The number of carbonyl (C=O) groups is 1. The number of nitrogens with zero attached hydrogens (tertiary/aromatic N) is 2. The molecule has 1 aliphatic heterocycles. The van der Waals surface area contributed by atoms with Crippen LogP contribution in [0.25, 0.3) is 11.3 Å². The maximum atomic E-state index is 13.2. The molecule has 0 fully saturated rings. The first kappa shape index (κ1) is 21.4. The highest BCUT2D eigenvalue weighted by molar-refractivity contribution is 6.30. The topological polar surface area (TPSA) is 58.2 Å². The summed E-state index contributed by atoms with van der Waals surface area (Å²) in [5.41, 5.74) is 4.27. The maximum Gasteiger partial charge on any atom is 0.273 e. The SMILES string of the molecule is CCCN1C(=O)c2[nH]nc(-c3ccc(Cl)cc3)c2C1c1ccc(OCCC(C)C)cc1. The molecule has 0 aliphatic carbocycles. The summed E-state index contributed by atoms with van der Waals surface area (Å²) in [4.78, 5) is 15.1. The average Bonchev–Trinajstić information content (AvgIpc) is 3.29. The summed E-state index contributed by atoms with van der Waals surface area (Å²) in [6.07, 6.45) is 1.90. The summed E-state index contributed by atoms with van der Waals surface area (Å²) in [6.45, 7) is 7.84. The fourth-order valence-corrected chi connectivity index (χ4v) is 4.13. The van der Waals surface area contributed by atoms with Crippen molar-refractivity contribution >= 4 is 17.5 Å². The zero-order chi connectivity index (χ0) is 22.0. The van der Waals surface area contributed by atoms with Crippen molar-refractivity contribution in [2.24, 2.45) is 5.92 Å². The number of carbonyl (C=O) groups excluding carboxylic acids is 1. The van der Waals surface area contributed by atoms with Gasteiger partial charge in [0.05, 0.1) is 18.3 Å². The monoisotopic (exact) mass is 437 g/mol. The van der Waals surface area contributed by atoms with E-state index in [1.165, 1.54) is 0 Å². The second-order valence-corrected chi connectivity index (χ2v) is 8.81. The number of rotatable bonds is 8. The molecule has 5 nitrogen and oxygen atoms in total. The van der Waals surface area contributed by atoms with E-state index in [1.807, 2.05) is 41.3 Å². The first-order valence-corrected chi connectivity index (χ1v) is 11.2. The predicted octanol–water partition coefficient (Wildman–Crippen LogP) is 6.11. The zero-order valence-corrected chi connectivity index (χ0v) is 18.9. The van der Waals surface area contributed by atoms with Gasteiger partial charge in [-0.1, -0.05) is 56.6 Å². The van der Waals surface area contributed by atoms with E-state index in [0.717, 1.165) is 41.0 Å². The lowest BCUT2D eigenvalue weighted by Gasteiger charge is -2.26. The third kappa shape index (κ3) is 4.33. The molecule has 0 spiro atoms. The number of amides is 1. The molecule has 1 atom stereocenters. The number of aromatic nitrogens is 2. The molecular weight excluding hydrogens is 410 g/mol. The Hall–Kier alpha value is -2.79. The van der Waals surface area contributed by atoms with Gasteiger partial charge in [0.2, 0.25) is 0 Å². The summed E-state index contributed by atoms with van der Waals surface area (Å²) < 4.78 is 5.88. The highest BCUT2D eigenvalue weighted by atomic mass is 35.5. The van der Waals surface area contributed by atoms with Crippen molar-refractivity contribution in [3.05, 3.63) is 70.4 Å². The van der Waals surface area contributed by atoms with Gasteiger partial charge in [-0.05, 0) is 48.6 Å². The number of halogens is 1. The number of nitrogens with one attached hydrogen (secondary N) is 1. The van der Waals surface area contributed by atoms with Crippen LogP contribution in [0.3, 0.4) is 0 Å². The Morgan fingerprint density at radius 3 is 2.48 bits per heavy atom. The second kappa shape index (κ2) is 9.15. The number of aromatic amines is 1. The average molecular weight is 438 g/mol. The fourth-order valence-electron chi connectivity index (χ4n) is 4.00. The van der Waals surface area contributed by atoms with E-state index in [2.05, 4.69) is 43.1 Å². The van der Waals surface area contributed by atoms with Crippen molar-refractivity contribution in [1.82, 2.24) is 15.1 Å². The molecule has 0 bridgehead atoms. The Bertz CT molecular complexity index is 1040. The molecule has 2 aromatic carbocycles. The van der Waals surface area contributed by atoms with Crippen LogP contribution < -0.4 is 4.74 Å². The van der Waals surface area contributed by atoms with Crippen LogP contribution in [-0.2, 0) is 0 Å². The van der Waals surface area contributed by atoms with Crippen LogP contribution in [0.1, 0.15) is 61.3 Å². The largest absolute Gasteiger partial charge is 0.494 e. The van der Waals surface area contributed by atoms with E-state index in [1.54, 1.807) is 0 Å². The molecule has 1 N–H and O–H groups in total. The van der Waals surface area contributed by atoms with Crippen LogP contribution in [0.15, 0.2) is 48.5 Å². The van der Waals surface area contributed by atoms with Gasteiger partial charge < -0.3 is 9.64 Å². The van der Waals surface area contributed by atoms with Gasteiger partial charge in [-0.25, -0.2) is 0 Å². The van der Waals surface area contributed by atoms with Crippen LogP contribution in [0.5, 0.6) is 5.75 Å². The molecule has 0 saturated carbocycles. The van der Waals surface area contributed by atoms with Gasteiger partial charge in [0.25, 0.3) is 5.91 Å². The van der Waals surface area contributed by atoms with Gasteiger partial charge in [-0.3, -0.25) is 9.89 Å². The van der Waals surface area contributed by atoms with Crippen molar-refractivity contribution < 1.29 is 9.53 Å². The Morgan fingerprint density at radius 1 is 1.13 bits per heavy atom. The quantitative estimate of drug-likeness (QED) is 0.462. The minimum atomic E-state index is -0.184. The highest BCUT2D eigenvalue weighted by Crippen LogP contribution is 2.43. The van der Waals surface area contributed by atoms with E-state index in [-0.39, 0.29) is 11.9 Å². The molecule has 1 aromatic heterocycles. The highest BCUT2D eigenvalue weighted by Gasteiger charge is 2.41. The Balaban J connectivity index is 1.69. The molecule has 31 heavy (non-hydrogen) atoms. The maximum absolute atomic E-state index is 13.2. The van der Waals surface area contributed by atoms with E-state index >= 15 is 0 Å². The molecule has 162 valence electrons. The first-order chi connectivity index (χ1) is 15.0. The van der Waals surface area contributed by atoms with Crippen LogP contribution in [0, 0.1) is 5.92 Å². The lowest BCUT2D eigenvalue weighted by atomic mass is 9.96. The number of fused-ring (bicyclic) bond motifs is 1. The molecule has 1 amide bonds. The minimum Gasteiger partial charge on any atom is -0.494 e. The van der Waals surface area contributed by atoms with Crippen LogP contribution in [-0.4, -0.2) is 34.2 Å². The Kier molecular flexibility index (Phi) is 6.33. The number of ether oxygens (including phenoxy) is 1. The van der Waals surface area contributed by atoms with E-state index < -0.39 is 0 Å². The number of hydrogen-bond acceptors (Lipinski definition) is 3. The zero-order valence-electron chi connectivity index (χ0n) is 18.2. The van der Waals surface area contributed by atoms with E-state index in [0.29, 0.717) is 29.8 Å². The van der Waals surface area contributed by atoms with Gasteiger partial charge in [0.15, 0.2) is 0 Å². The number of benzene rings is 2. The van der Waals surface area contributed by atoms with Crippen molar-refractivity contribution in [3.63, 3.8) is 0 Å². The van der Waals surface area contributed by atoms with Crippen LogP contribution >= 0.6 is 11.6 Å². The molecule has 0 saturated heterocycles. The van der Waals surface area contributed by atoms with Gasteiger partial charge in [-0.15, -0.1) is 0 Å². The third-order valence-electron chi connectivity index (χ3n) is 5.61. The summed E-state index contributed by atoms with van der Waals surface area (Å²) in [5, 5.41) is 8.15. The van der Waals surface area contributed by atoms with Gasteiger partial charge in [0.1, 0.15) is 11.4 Å². The standard InChI is InChI=1S/C25H28ClN3O2/c1-4-14-29-24(18-7-11-20(12-8-18)31-15-13-16(2)3)21-22(27-28-23(21)25(29)30)17-5-9-19(26)10-6-17/h5-12,16,24H,4,13-15H2,1-3H3,(H,27,28). The Labute approximate surface area is 188 Å². The summed E-state index contributed by atoms with van der Waals surface area (Å²) in [6, 6.07) is 15.5. The Morgan fingerprint density at radius 2 is 1.84 bits per heavy atom. The number of hydrogen-bond donors (Lipinski definition) is 1. The van der Waals surface area contributed by atoms with Gasteiger partial charge >= 0.3 is 0 Å². The van der Waals surface area contributed by atoms with E-state index in [4.69, 9.17) is 16.3 Å². The third-order valence-corrected chi connectivity index (χ3v) is 5.86. The first-order valence-electron chi connectivity index (χ1n) is 10.9. The smallest absolute Gasteiger partial charge is 0.273 e. The predicted molar refractivity (Wildman–Crippen MR) is 124 cm³/mol. The molecule has 1 unspecified atom stereocenters. The molecule has 6 heteroatoms. The summed E-state index contributed by atoms with van der Waals surface area (Å²) >= 11 is 6.07. The lowest BCUT2D eigenvalue weighted by Crippen LogP contribution is -2.30. The fraction of sp³-hybridized carbons (Fsp3) is 0.360. The van der Waals surface area contributed by atoms with Gasteiger partial charge in [0, 0.05) is 22.7 Å². The molecule has 4 rings (SSSR count). The normalized spacial score (nSPS) is 15.6. The lowest BCUT2D eigenvalue weighted by molar-refractivity contribution is 0.0744. The van der Waals surface area contributed by atoms with E-state index in [9.17, 15) is 4.79 Å². The van der Waals surface area contributed by atoms with Crippen molar-refractivity contribution in [1.29, 1.82) is 0 Å². The molecule has 0 radical (unpaired) electrons. The molecule has 3 aromatic rings. The minimum absolute atomic E-state index is 0.00757. The van der Waals surface area contributed by atoms with Crippen molar-refractivity contribution in [2.75, 3.05) is 13.2 Å². The van der Waals surface area contributed by atoms with Crippen LogP contribution in [0.2, 0.25) is 5.02 Å². The van der Waals surface area contributed by atoms with Crippen molar-refractivity contribution in [3.8, 4) is 17.0 Å². The molecular formula is C25H28ClN3O2.